The van der Waals surface area contributed by atoms with Crippen LogP contribution < -0.4 is 4.74 Å². The molecule has 0 heterocycles. The number of aliphatic carboxylic acids is 1. The molecule has 0 fully saturated rings. The number of halogens is 2. The number of hydrogen-bond donors (Lipinski definition) is 1. The van der Waals surface area contributed by atoms with Crippen molar-refractivity contribution in [2.75, 3.05) is 6.61 Å². The van der Waals surface area contributed by atoms with Crippen LogP contribution in [0.4, 0.5) is 4.39 Å². The van der Waals surface area contributed by atoms with Crippen LogP contribution in [0.25, 0.3) is 0 Å². The van der Waals surface area contributed by atoms with E-state index in [0.29, 0.717) is 24.3 Å². The van der Waals surface area contributed by atoms with Crippen LogP contribution in [-0.2, 0) is 17.6 Å². The summed E-state index contributed by atoms with van der Waals surface area (Å²) in [6.07, 6.45) is 3.25. The van der Waals surface area contributed by atoms with E-state index in [1.807, 2.05) is 12.1 Å². The summed E-state index contributed by atoms with van der Waals surface area (Å²) < 4.78 is 20.0. The highest BCUT2D eigenvalue weighted by Crippen LogP contribution is 2.31. The zero-order valence-electron chi connectivity index (χ0n) is 16.6. The van der Waals surface area contributed by atoms with Gasteiger partial charge in [0.25, 0.3) is 0 Å². The minimum absolute atomic E-state index is 0.0130. The van der Waals surface area contributed by atoms with Crippen molar-refractivity contribution in [2.45, 2.75) is 51.6 Å². The molecule has 5 heteroatoms. The molecule has 0 saturated heterocycles. The Morgan fingerprint density at radius 3 is 2.59 bits per heavy atom. The van der Waals surface area contributed by atoms with Crippen molar-refractivity contribution in [2.24, 2.45) is 0 Å². The number of allylic oxidation sites excluding steroid dienone is 1. The van der Waals surface area contributed by atoms with E-state index in [4.69, 9.17) is 21.4 Å². The van der Waals surface area contributed by atoms with Crippen molar-refractivity contribution in [3.8, 4) is 5.75 Å². The van der Waals surface area contributed by atoms with Crippen molar-refractivity contribution in [3.63, 3.8) is 0 Å². The number of alkyl halides is 1. The van der Waals surface area contributed by atoms with E-state index in [0.717, 1.165) is 36.3 Å². The Morgan fingerprint density at radius 2 is 1.90 bits per heavy atom. The predicted molar refractivity (Wildman–Crippen MR) is 113 cm³/mol. The molecule has 2 aromatic carbocycles. The first kappa shape index (κ1) is 21.4. The molecule has 3 nitrogen and oxygen atoms in total. The van der Waals surface area contributed by atoms with Gasteiger partial charge in [-0.15, -0.1) is 0 Å². The van der Waals surface area contributed by atoms with E-state index >= 15 is 0 Å². The number of carboxylic acid groups (broad SMARTS) is 1. The normalized spacial score (nSPS) is 14.9. The topological polar surface area (TPSA) is 46.5 Å². The summed E-state index contributed by atoms with van der Waals surface area (Å²) in [6.45, 7) is 1.96. The Hall–Kier alpha value is -2.33. The lowest BCUT2D eigenvalue weighted by molar-refractivity contribution is -0.136. The van der Waals surface area contributed by atoms with Crippen molar-refractivity contribution >= 4 is 17.6 Å². The SMILES string of the molecule is CC(F)c1cc(OCC2=C(Cc3ccc(Cl)cc3)CCC2)ccc1CCC(=O)O. The van der Waals surface area contributed by atoms with E-state index in [1.54, 1.807) is 18.2 Å². The molecule has 0 aliphatic heterocycles. The Morgan fingerprint density at radius 1 is 1.17 bits per heavy atom. The molecular formula is C24H26ClFO3. The molecule has 2 aromatic rings. The predicted octanol–water partition coefficient (Wildman–Crippen LogP) is 6.49. The zero-order chi connectivity index (χ0) is 20.8. The van der Waals surface area contributed by atoms with E-state index in [-0.39, 0.29) is 6.42 Å². The van der Waals surface area contributed by atoms with Gasteiger partial charge in [-0.25, -0.2) is 4.39 Å². The van der Waals surface area contributed by atoms with Crippen molar-refractivity contribution in [3.05, 3.63) is 75.3 Å². The Kier molecular flexibility index (Phi) is 7.32. The van der Waals surface area contributed by atoms with Gasteiger partial charge in [0.2, 0.25) is 0 Å². The maximum Gasteiger partial charge on any atom is 0.303 e. The average molecular weight is 417 g/mol. The first-order chi connectivity index (χ1) is 13.9. The van der Waals surface area contributed by atoms with Gasteiger partial charge in [-0.1, -0.05) is 35.4 Å². The van der Waals surface area contributed by atoms with Gasteiger partial charge in [-0.2, -0.15) is 0 Å². The monoisotopic (exact) mass is 416 g/mol. The second-order valence-corrected chi connectivity index (χ2v) is 7.96. The van der Waals surface area contributed by atoms with Crippen molar-refractivity contribution < 1.29 is 19.0 Å². The highest BCUT2D eigenvalue weighted by atomic mass is 35.5. The Labute approximate surface area is 176 Å². The molecule has 0 saturated carbocycles. The van der Waals surface area contributed by atoms with Gasteiger partial charge >= 0.3 is 5.97 Å². The second-order valence-electron chi connectivity index (χ2n) is 7.52. The Bertz CT molecular complexity index is 887. The van der Waals surface area contributed by atoms with Crippen LogP contribution in [0.3, 0.4) is 0 Å². The molecular weight excluding hydrogens is 391 g/mol. The number of carboxylic acids is 1. The third-order valence-corrected chi connectivity index (χ3v) is 5.61. The van der Waals surface area contributed by atoms with Crippen LogP contribution in [-0.4, -0.2) is 17.7 Å². The van der Waals surface area contributed by atoms with Gasteiger partial charge in [0.05, 0.1) is 0 Å². The molecule has 1 unspecified atom stereocenters. The first-order valence-corrected chi connectivity index (χ1v) is 10.4. The average Bonchev–Trinajstić information content (AvgIpc) is 3.13. The van der Waals surface area contributed by atoms with Crippen molar-refractivity contribution in [1.29, 1.82) is 0 Å². The number of carbonyl (C=O) groups is 1. The van der Waals surface area contributed by atoms with Gasteiger partial charge < -0.3 is 9.84 Å². The smallest absolute Gasteiger partial charge is 0.303 e. The lowest BCUT2D eigenvalue weighted by Gasteiger charge is -2.14. The molecule has 3 rings (SSSR count). The van der Waals surface area contributed by atoms with Crippen LogP contribution in [0.15, 0.2) is 53.6 Å². The quantitative estimate of drug-likeness (QED) is 0.475. The minimum atomic E-state index is -1.17. The molecule has 29 heavy (non-hydrogen) atoms. The van der Waals surface area contributed by atoms with E-state index in [9.17, 15) is 9.18 Å². The molecule has 0 amide bonds. The summed E-state index contributed by atoms with van der Waals surface area (Å²) in [7, 11) is 0. The zero-order valence-corrected chi connectivity index (χ0v) is 17.3. The summed E-state index contributed by atoms with van der Waals surface area (Å²) in [5.41, 5.74) is 5.18. The van der Waals surface area contributed by atoms with E-state index in [2.05, 4.69) is 12.1 Å². The maximum absolute atomic E-state index is 14.1. The van der Waals surface area contributed by atoms with Crippen LogP contribution in [0.5, 0.6) is 5.75 Å². The van der Waals surface area contributed by atoms with Gasteiger partial charge in [0.1, 0.15) is 18.5 Å². The second kappa shape index (κ2) is 9.93. The third-order valence-electron chi connectivity index (χ3n) is 5.36. The molecule has 0 radical (unpaired) electrons. The number of hydrogen-bond acceptors (Lipinski definition) is 2. The fourth-order valence-corrected chi connectivity index (χ4v) is 3.90. The summed E-state index contributed by atoms with van der Waals surface area (Å²) in [6, 6.07) is 13.2. The maximum atomic E-state index is 14.1. The fourth-order valence-electron chi connectivity index (χ4n) is 3.78. The lowest BCUT2D eigenvalue weighted by atomic mass is 9.99. The van der Waals surface area contributed by atoms with Gasteiger partial charge in [0, 0.05) is 11.4 Å². The standard InChI is InChI=1S/C24H26ClFO3/c1-16(26)23-14-22(11-7-18(23)8-12-24(27)28)29-15-20-4-2-3-19(20)13-17-5-9-21(25)10-6-17/h5-7,9-11,14,16H,2-4,8,12-13,15H2,1H3,(H,27,28). The van der Waals surface area contributed by atoms with E-state index in [1.165, 1.54) is 23.6 Å². The van der Waals surface area contributed by atoms with Gasteiger partial charge in [-0.05, 0) is 85.6 Å². The van der Waals surface area contributed by atoms with Crippen LogP contribution in [0.1, 0.15) is 55.5 Å². The largest absolute Gasteiger partial charge is 0.489 e. The molecule has 1 atom stereocenters. The van der Waals surface area contributed by atoms with E-state index < -0.39 is 12.1 Å². The molecule has 1 aliphatic rings. The minimum Gasteiger partial charge on any atom is -0.489 e. The molecule has 154 valence electrons. The molecule has 1 aliphatic carbocycles. The summed E-state index contributed by atoms with van der Waals surface area (Å²) >= 11 is 5.97. The van der Waals surface area contributed by atoms with Crippen LogP contribution in [0, 0.1) is 0 Å². The highest BCUT2D eigenvalue weighted by molar-refractivity contribution is 6.30. The van der Waals surface area contributed by atoms with Gasteiger partial charge in [-0.3, -0.25) is 4.79 Å². The summed E-state index contributed by atoms with van der Waals surface area (Å²) in [5, 5.41) is 9.62. The highest BCUT2D eigenvalue weighted by Gasteiger charge is 2.17. The van der Waals surface area contributed by atoms with Gasteiger partial charge in [0.15, 0.2) is 0 Å². The number of benzene rings is 2. The summed E-state index contributed by atoms with van der Waals surface area (Å²) in [4.78, 5) is 10.8. The third kappa shape index (κ3) is 6.07. The molecule has 0 aromatic heterocycles. The van der Waals surface area contributed by atoms with Crippen LogP contribution in [0.2, 0.25) is 5.02 Å². The molecule has 1 N–H and O–H groups in total. The number of ether oxygens (including phenoxy) is 1. The number of aryl methyl sites for hydroxylation is 1. The summed E-state index contributed by atoms with van der Waals surface area (Å²) in [5.74, 6) is -0.266. The molecule has 0 spiro atoms. The lowest BCUT2D eigenvalue weighted by Crippen LogP contribution is -2.05. The first-order valence-electron chi connectivity index (χ1n) is 9.98. The Balaban J connectivity index is 1.68. The number of rotatable bonds is 9. The van der Waals surface area contributed by atoms with Crippen molar-refractivity contribution in [1.82, 2.24) is 0 Å². The van der Waals surface area contributed by atoms with Crippen LogP contribution >= 0.6 is 11.6 Å². The fraction of sp³-hybridized carbons (Fsp3) is 0.375. The molecule has 0 bridgehead atoms.